The summed E-state index contributed by atoms with van der Waals surface area (Å²) in [6, 6.07) is 24.9. The molecule has 1 amide bonds. The Hall–Kier alpha value is -4.39. The predicted octanol–water partition coefficient (Wildman–Crippen LogP) is 5.09. The molecule has 7 nitrogen and oxygen atoms in total. The highest BCUT2D eigenvalue weighted by Gasteiger charge is 2.35. The number of rotatable bonds is 6. The normalized spacial score (nSPS) is 14.8. The van der Waals surface area contributed by atoms with Crippen molar-refractivity contribution < 1.29 is 9.53 Å². The minimum Gasteiger partial charge on any atom is -0.489 e. The zero-order valence-electron chi connectivity index (χ0n) is 19.0. The Labute approximate surface area is 198 Å². The van der Waals surface area contributed by atoms with Gasteiger partial charge in [0.2, 0.25) is 5.95 Å². The van der Waals surface area contributed by atoms with Gasteiger partial charge in [0.25, 0.3) is 5.91 Å². The van der Waals surface area contributed by atoms with E-state index >= 15 is 0 Å². The highest BCUT2D eigenvalue weighted by atomic mass is 16.5. The Morgan fingerprint density at radius 1 is 1.00 bits per heavy atom. The second kappa shape index (κ2) is 9.23. The Kier molecular flexibility index (Phi) is 5.82. The molecule has 1 aliphatic heterocycles. The lowest BCUT2D eigenvalue weighted by Gasteiger charge is -2.29. The van der Waals surface area contributed by atoms with Gasteiger partial charge in [-0.1, -0.05) is 66.2 Å². The van der Waals surface area contributed by atoms with Gasteiger partial charge in [-0.15, -0.1) is 0 Å². The standard InChI is InChI=1S/C27H25N5O2/c1-18-12-14-20(15-13-18)16-34-23-11-7-6-10-22(23)25-24(19(2)30-27-28-17-29-32(25)27)26(33)31-21-8-4-3-5-9-21/h3-15,17,25H,16H2,1-2H3,(H,31,33)(H,28,29,30)/t25-/m1/s1. The predicted molar refractivity (Wildman–Crippen MR) is 132 cm³/mol. The molecular formula is C27H25N5O2. The number of aryl methyl sites for hydroxylation is 1. The monoisotopic (exact) mass is 451 g/mol. The lowest BCUT2D eigenvalue weighted by atomic mass is 9.94. The molecule has 0 unspecified atom stereocenters. The first kappa shape index (κ1) is 21.5. The minimum absolute atomic E-state index is 0.212. The summed E-state index contributed by atoms with van der Waals surface area (Å²) >= 11 is 0. The molecule has 0 saturated heterocycles. The minimum atomic E-state index is -0.503. The summed E-state index contributed by atoms with van der Waals surface area (Å²) in [5.41, 5.74) is 5.09. The zero-order chi connectivity index (χ0) is 23.5. The molecule has 3 aromatic carbocycles. The van der Waals surface area contributed by atoms with Crippen molar-refractivity contribution in [3.05, 3.63) is 113 Å². The average molecular weight is 452 g/mol. The lowest BCUT2D eigenvalue weighted by molar-refractivity contribution is -0.113. The molecule has 2 heterocycles. The van der Waals surface area contributed by atoms with Gasteiger partial charge < -0.3 is 15.4 Å². The molecule has 4 aromatic rings. The van der Waals surface area contributed by atoms with Crippen molar-refractivity contribution in [3.8, 4) is 5.75 Å². The van der Waals surface area contributed by atoms with Crippen LogP contribution >= 0.6 is 0 Å². The van der Waals surface area contributed by atoms with Gasteiger partial charge in [-0.3, -0.25) is 4.79 Å². The van der Waals surface area contributed by atoms with Gasteiger partial charge >= 0.3 is 0 Å². The van der Waals surface area contributed by atoms with Crippen molar-refractivity contribution in [1.29, 1.82) is 0 Å². The van der Waals surface area contributed by atoms with Crippen LogP contribution in [0.25, 0.3) is 0 Å². The fraction of sp³-hybridized carbons (Fsp3) is 0.148. The first-order valence-electron chi connectivity index (χ1n) is 11.1. The molecule has 0 radical (unpaired) electrons. The summed E-state index contributed by atoms with van der Waals surface area (Å²) in [4.78, 5) is 17.8. The third kappa shape index (κ3) is 4.28. The van der Waals surface area contributed by atoms with E-state index in [4.69, 9.17) is 4.74 Å². The molecule has 1 atom stereocenters. The number of fused-ring (bicyclic) bond motifs is 1. The van der Waals surface area contributed by atoms with E-state index in [-0.39, 0.29) is 5.91 Å². The van der Waals surface area contributed by atoms with Crippen LogP contribution in [0, 0.1) is 6.92 Å². The van der Waals surface area contributed by atoms with E-state index in [9.17, 15) is 4.79 Å². The van der Waals surface area contributed by atoms with Crippen LogP contribution in [0.2, 0.25) is 0 Å². The number of benzene rings is 3. The topological polar surface area (TPSA) is 81.1 Å². The number of hydrogen-bond acceptors (Lipinski definition) is 5. The molecule has 0 saturated carbocycles. The van der Waals surface area contributed by atoms with Crippen LogP contribution in [-0.2, 0) is 11.4 Å². The van der Waals surface area contributed by atoms with Gasteiger partial charge in [0.1, 0.15) is 24.7 Å². The molecule has 0 bridgehead atoms. The number of carbonyl (C=O) groups excluding carboxylic acids is 1. The fourth-order valence-electron chi connectivity index (χ4n) is 4.08. The Morgan fingerprint density at radius 3 is 2.53 bits per heavy atom. The number of allylic oxidation sites excluding steroid dienone is 1. The second-order valence-electron chi connectivity index (χ2n) is 8.23. The van der Waals surface area contributed by atoms with Gasteiger partial charge in [-0.25, -0.2) is 4.68 Å². The molecule has 1 aliphatic rings. The van der Waals surface area contributed by atoms with E-state index in [1.54, 1.807) is 4.68 Å². The number of hydrogen-bond donors (Lipinski definition) is 2. The average Bonchev–Trinajstić information content (AvgIpc) is 3.32. The molecule has 170 valence electrons. The van der Waals surface area contributed by atoms with Crippen LogP contribution < -0.4 is 15.4 Å². The van der Waals surface area contributed by atoms with E-state index < -0.39 is 6.04 Å². The maximum absolute atomic E-state index is 13.5. The molecule has 7 heteroatoms. The quantitative estimate of drug-likeness (QED) is 0.427. The van der Waals surface area contributed by atoms with E-state index in [0.29, 0.717) is 29.6 Å². The lowest BCUT2D eigenvalue weighted by Crippen LogP contribution is -2.31. The number of carbonyl (C=O) groups is 1. The van der Waals surface area contributed by atoms with Crippen molar-refractivity contribution in [2.45, 2.75) is 26.5 Å². The summed E-state index contributed by atoms with van der Waals surface area (Å²) in [7, 11) is 0. The van der Waals surface area contributed by atoms with Crippen molar-refractivity contribution in [3.63, 3.8) is 0 Å². The Morgan fingerprint density at radius 2 is 1.74 bits per heavy atom. The Balaban J connectivity index is 1.51. The van der Waals surface area contributed by atoms with Gasteiger partial charge in [-0.05, 0) is 37.6 Å². The van der Waals surface area contributed by atoms with E-state index in [0.717, 1.165) is 16.8 Å². The van der Waals surface area contributed by atoms with Crippen LogP contribution in [0.3, 0.4) is 0 Å². The molecule has 1 aromatic heterocycles. The third-order valence-electron chi connectivity index (χ3n) is 5.80. The first-order chi connectivity index (χ1) is 16.6. The van der Waals surface area contributed by atoms with Crippen LogP contribution in [0.4, 0.5) is 11.6 Å². The molecule has 0 fully saturated rings. The summed E-state index contributed by atoms with van der Waals surface area (Å²) < 4.78 is 7.98. The molecule has 5 rings (SSSR count). The van der Waals surface area contributed by atoms with Crippen LogP contribution in [0.1, 0.15) is 29.7 Å². The molecule has 34 heavy (non-hydrogen) atoms. The maximum atomic E-state index is 13.5. The number of ether oxygens (including phenoxy) is 1. The van der Waals surface area contributed by atoms with Gasteiger partial charge in [0, 0.05) is 16.9 Å². The highest BCUT2D eigenvalue weighted by molar-refractivity contribution is 6.06. The number of aromatic nitrogens is 3. The van der Waals surface area contributed by atoms with Crippen molar-refractivity contribution >= 4 is 17.5 Å². The van der Waals surface area contributed by atoms with E-state index in [1.807, 2.05) is 61.5 Å². The van der Waals surface area contributed by atoms with Crippen molar-refractivity contribution in [1.82, 2.24) is 14.8 Å². The van der Waals surface area contributed by atoms with Crippen LogP contribution in [0.5, 0.6) is 5.75 Å². The summed E-state index contributed by atoms with van der Waals surface area (Å²) in [6.07, 6.45) is 1.48. The largest absolute Gasteiger partial charge is 0.489 e. The van der Waals surface area contributed by atoms with Gasteiger partial charge in [0.15, 0.2) is 0 Å². The SMILES string of the molecule is CC1=C(C(=O)Nc2ccccc2)[C@@H](c2ccccc2OCc2ccc(C)cc2)n2ncnc2N1. The number of nitrogens with one attached hydrogen (secondary N) is 2. The van der Waals surface area contributed by atoms with Crippen LogP contribution in [-0.4, -0.2) is 20.7 Å². The summed E-state index contributed by atoms with van der Waals surface area (Å²) in [6.45, 7) is 4.35. The fourth-order valence-corrected chi connectivity index (χ4v) is 4.08. The first-order valence-corrected chi connectivity index (χ1v) is 11.1. The molecule has 0 spiro atoms. The summed E-state index contributed by atoms with van der Waals surface area (Å²) in [5, 5.41) is 10.6. The Bertz CT molecular complexity index is 1340. The third-order valence-corrected chi connectivity index (χ3v) is 5.80. The van der Waals surface area contributed by atoms with E-state index in [1.165, 1.54) is 11.9 Å². The number of amides is 1. The number of para-hydroxylation sites is 2. The van der Waals surface area contributed by atoms with Crippen molar-refractivity contribution in [2.24, 2.45) is 0 Å². The van der Waals surface area contributed by atoms with Crippen molar-refractivity contribution in [2.75, 3.05) is 10.6 Å². The zero-order valence-corrected chi connectivity index (χ0v) is 19.0. The second-order valence-corrected chi connectivity index (χ2v) is 8.23. The maximum Gasteiger partial charge on any atom is 0.255 e. The van der Waals surface area contributed by atoms with E-state index in [2.05, 4.69) is 51.9 Å². The number of anilines is 2. The van der Waals surface area contributed by atoms with Gasteiger partial charge in [0.05, 0.1) is 5.57 Å². The summed E-state index contributed by atoms with van der Waals surface area (Å²) in [5.74, 6) is 1.05. The van der Waals surface area contributed by atoms with Gasteiger partial charge in [-0.2, -0.15) is 10.1 Å². The smallest absolute Gasteiger partial charge is 0.255 e. The number of nitrogens with zero attached hydrogens (tertiary/aromatic N) is 3. The molecular weight excluding hydrogens is 426 g/mol. The van der Waals surface area contributed by atoms with Crippen LogP contribution in [0.15, 0.2) is 96.5 Å². The molecule has 0 aliphatic carbocycles. The molecule has 2 N–H and O–H groups in total. The highest BCUT2D eigenvalue weighted by Crippen LogP contribution is 2.39.